The molecule has 1 aliphatic rings. The number of anilines is 2. The summed E-state index contributed by atoms with van der Waals surface area (Å²) in [4.78, 5) is 36.5. The van der Waals surface area contributed by atoms with E-state index >= 15 is 0 Å². The molecule has 0 radical (unpaired) electrons. The molecule has 0 aliphatic carbocycles. The highest BCUT2D eigenvalue weighted by Gasteiger charge is 2.24. The molecule has 7 nitrogen and oxygen atoms in total. The van der Waals surface area contributed by atoms with Gasteiger partial charge in [0.05, 0.1) is 0 Å². The Labute approximate surface area is 159 Å². The van der Waals surface area contributed by atoms with Gasteiger partial charge in [0.15, 0.2) is 0 Å². The number of piperazine rings is 1. The summed E-state index contributed by atoms with van der Waals surface area (Å²) in [5.41, 5.74) is 3.65. The normalized spacial score (nSPS) is 14.2. The Morgan fingerprint density at radius 2 is 1.67 bits per heavy atom. The second-order valence-corrected chi connectivity index (χ2v) is 6.86. The lowest BCUT2D eigenvalue weighted by Gasteiger charge is -2.34. The van der Waals surface area contributed by atoms with Crippen molar-refractivity contribution in [3.63, 3.8) is 0 Å². The summed E-state index contributed by atoms with van der Waals surface area (Å²) in [7, 11) is 0. The van der Waals surface area contributed by atoms with Crippen LogP contribution in [0.1, 0.15) is 34.4 Å². The third kappa shape index (κ3) is 4.24. The molecule has 0 atom stereocenters. The van der Waals surface area contributed by atoms with E-state index < -0.39 is 0 Å². The lowest BCUT2D eigenvalue weighted by atomic mass is 10.1. The molecule has 1 saturated heterocycles. The van der Waals surface area contributed by atoms with Crippen LogP contribution in [0.5, 0.6) is 0 Å². The molecule has 27 heavy (non-hydrogen) atoms. The molecular formula is C20H25N5O2. The number of carbonyl (C=O) groups is 2. The molecule has 0 saturated carbocycles. The Morgan fingerprint density at radius 1 is 1.00 bits per heavy atom. The topological polar surface area (TPSA) is 78.4 Å². The van der Waals surface area contributed by atoms with Gasteiger partial charge in [0.2, 0.25) is 5.91 Å². The molecule has 0 unspecified atom stereocenters. The van der Waals surface area contributed by atoms with Crippen LogP contribution in [0.3, 0.4) is 0 Å². The van der Waals surface area contributed by atoms with Crippen LogP contribution in [0, 0.1) is 20.8 Å². The van der Waals surface area contributed by atoms with E-state index in [2.05, 4.69) is 28.3 Å². The molecule has 1 N–H and O–H groups in total. The van der Waals surface area contributed by atoms with Crippen molar-refractivity contribution in [3.05, 3.63) is 46.9 Å². The second kappa shape index (κ2) is 7.73. The summed E-state index contributed by atoms with van der Waals surface area (Å²) in [5, 5.41) is 3.30. The van der Waals surface area contributed by atoms with Crippen molar-refractivity contribution in [2.24, 2.45) is 0 Å². The smallest absolute Gasteiger partial charge is 0.272 e. The highest BCUT2D eigenvalue weighted by atomic mass is 16.2. The monoisotopic (exact) mass is 367 g/mol. The van der Waals surface area contributed by atoms with Crippen molar-refractivity contribution in [2.75, 3.05) is 31.5 Å². The van der Waals surface area contributed by atoms with Crippen LogP contribution in [0.4, 0.5) is 11.5 Å². The van der Waals surface area contributed by atoms with Gasteiger partial charge < -0.3 is 15.1 Å². The number of benzene rings is 1. The summed E-state index contributed by atoms with van der Waals surface area (Å²) in [6.45, 7) is 9.57. The maximum Gasteiger partial charge on any atom is 0.272 e. The van der Waals surface area contributed by atoms with Gasteiger partial charge in [-0.2, -0.15) is 0 Å². The summed E-state index contributed by atoms with van der Waals surface area (Å²) in [6.07, 6.45) is 0. The average molecular weight is 367 g/mol. The zero-order chi connectivity index (χ0) is 19.6. The van der Waals surface area contributed by atoms with Crippen molar-refractivity contribution >= 4 is 23.3 Å². The van der Waals surface area contributed by atoms with E-state index in [-0.39, 0.29) is 11.8 Å². The number of nitrogens with zero attached hydrogens (tertiary/aromatic N) is 4. The molecule has 3 rings (SSSR count). The molecule has 2 amide bonds. The second-order valence-electron chi connectivity index (χ2n) is 6.86. The Balaban J connectivity index is 1.78. The van der Waals surface area contributed by atoms with Crippen LogP contribution in [-0.4, -0.2) is 57.8 Å². The van der Waals surface area contributed by atoms with Gasteiger partial charge in [0.1, 0.15) is 17.3 Å². The number of carbonyl (C=O) groups excluding carboxylic acids is 2. The van der Waals surface area contributed by atoms with Crippen molar-refractivity contribution in [2.45, 2.75) is 27.7 Å². The van der Waals surface area contributed by atoms with Gasteiger partial charge in [-0.05, 0) is 38.0 Å². The van der Waals surface area contributed by atoms with E-state index in [4.69, 9.17) is 0 Å². The van der Waals surface area contributed by atoms with Crippen molar-refractivity contribution < 1.29 is 9.59 Å². The molecule has 0 bridgehead atoms. The first-order chi connectivity index (χ1) is 12.8. The van der Waals surface area contributed by atoms with Gasteiger partial charge in [-0.25, -0.2) is 9.97 Å². The maximum atomic E-state index is 12.9. The van der Waals surface area contributed by atoms with E-state index in [1.165, 1.54) is 5.56 Å². The molecule has 7 heteroatoms. The molecule has 1 aliphatic heterocycles. The quantitative estimate of drug-likeness (QED) is 0.902. The Kier molecular flexibility index (Phi) is 5.39. The minimum atomic E-state index is -0.132. The Hall–Kier alpha value is -2.96. The third-order valence-corrected chi connectivity index (χ3v) is 4.94. The van der Waals surface area contributed by atoms with Crippen LogP contribution in [0.25, 0.3) is 0 Å². The van der Waals surface area contributed by atoms with Crippen LogP contribution in [0.2, 0.25) is 0 Å². The van der Waals surface area contributed by atoms with E-state index in [1.807, 2.05) is 19.1 Å². The van der Waals surface area contributed by atoms with Gasteiger partial charge in [-0.3, -0.25) is 9.59 Å². The molecule has 0 spiro atoms. The molecule has 2 aromatic rings. The molecule has 1 aromatic heterocycles. The number of aromatic nitrogens is 2. The number of hydrogen-bond donors (Lipinski definition) is 1. The van der Waals surface area contributed by atoms with Crippen LogP contribution in [0.15, 0.2) is 24.3 Å². The highest BCUT2D eigenvalue weighted by Crippen LogP contribution is 2.22. The van der Waals surface area contributed by atoms with Crippen LogP contribution < -0.4 is 5.32 Å². The van der Waals surface area contributed by atoms with Gasteiger partial charge in [0, 0.05) is 44.9 Å². The molecule has 1 aromatic carbocycles. The van der Waals surface area contributed by atoms with Crippen molar-refractivity contribution in [3.8, 4) is 0 Å². The number of aryl methyl sites for hydroxylation is 2. The summed E-state index contributed by atoms with van der Waals surface area (Å²) < 4.78 is 0. The van der Waals surface area contributed by atoms with E-state index in [0.29, 0.717) is 43.5 Å². The van der Waals surface area contributed by atoms with E-state index in [9.17, 15) is 9.59 Å². The summed E-state index contributed by atoms with van der Waals surface area (Å²) >= 11 is 0. The number of hydrogen-bond acceptors (Lipinski definition) is 5. The van der Waals surface area contributed by atoms with Gasteiger partial charge in [0.25, 0.3) is 5.91 Å². The van der Waals surface area contributed by atoms with E-state index in [1.54, 1.807) is 29.7 Å². The Bertz CT molecular complexity index is 873. The lowest BCUT2D eigenvalue weighted by Crippen LogP contribution is -2.50. The number of nitrogens with one attached hydrogen (secondary N) is 1. The van der Waals surface area contributed by atoms with Gasteiger partial charge in [-0.1, -0.05) is 12.1 Å². The molecule has 2 heterocycles. The van der Waals surface area contributed by atoms with E-state index in [0.717, 1.165) is 11.3 Å². The van der Waals surface area contributed by atoms with Crippen molar-refractivity contribution in [1.29, 1.82) is 0 Å². The Morgan fingerprint density at radius 3 is 2.33 bits per heavy atom. The predicted molar refractivity (Wildman–Crippen MR) is 104 cm³/mol. The minimum absolute atomic E-state index is 0.0417. The minimum Gasteiger partial charge on any atom is -0.340 e. The zero-order valence-electron chi connectivity index (χ0n) is 16.2. The SMILES string of the molecule is CC(=O)N1CCN(C(=O)c2cc(Nc3cccc(C)c3C)nc(C)n2)CC1. The average Bonchev–Trinajstić information content (AvgIpc) is 2.64. The predicted octanol–water partition coefficient (Wildman–Crippen LogP) is 2.45. The summed E-state index contributed by atoms with van der Waals surface area (Å²) in [5.74, 6) is 1.05. The van der Waals surface area contributed by atoms with Gasteiger partial charge in [-0.15, -0.1) is 0 Å². The molecule has 142 valence electrons. The first-order valence-electron chi connectivity index (χ1n) is 9.09. The lowest BCUT2D eigenvalue weighted by molar-refractivity contribution is -0.130. The third-order valence-electron chi connectivity index (χ3n) is 4.94. The fourth-order valence-electron chi connectivity index (χ4n) is 3.15. The maximum absolute atomic E-state index is 12.9. The first-order valence-corrected chi connectivity index (χ1v) is 9.09. The number of rotatable bonds is 3. The highest BCUT2D eigenvalue weighted by molar-refractivity contribution is 5.93. The standard InChI is InChI=1S/C20H25N5O2/c1-13-6-5-7-17(14(13)2)23-19-12-18(21-15(3)22-19)20(27)25-10-8-24(9-11-25)16(4)26/h5-7,12H,8-11H2,1-4H3,(H,21,22,23). The van der Waals surface area contributed by atoms with Gasteiger partial charge >= 0.3 is 0 Å². The molecule has 1 fully saturated rings. The zero-order valence-corrected chi connectivity index (χ0v) is 16.2. The van der Waals surface area contributed by atoms with Crippen LogP contribution in [-0.2, 0) is 4.79 Å². The fraction of sp³-hybridized carbons (Fsp3) is 0.400. The summed E-state index contributed by atoms with van der Waals surface area (Å²) in [6, 6.07) is 7.72. The first kappa shape index (κ1) is 18.8. The fourth-order valence-corrected chi connectivity index (χ4v) is 3.15. The van der Waals surface area contributed by atoms with Crippen molar-refractivity contribution in [1.82, 2.24) is 19.8 Å². The molecular weight excluding hydrogens is 342 g/mol. The number of amides is 2. The largest absolute Gasteiger partial charge is 0.340 e. The van der Waals surface area contributed by atoms with Crippen LogP contribution >= 0.6 is 0 Å².